The van der Waals surface area contributed by atoms with Crippen molar-refractivity contribution >= 4 is 17.5 Å². The number of halogens is 1. The Morgan fingerprint density at radius 1 is 1.16 bits per heavy atom. The summed E-state index contributed by atoms with van der Waals surface area (Å²) in [5.74, 6) is 1.61. The lowest BCUT2D eigenvalue weighted by atomic mass is 9.77. The number of pyridine rings is 1. The van der Waals surface area contributed by atoms with Crippen LogP contribution in [0.3, 0.4) is 0 Å². The van der Waals surface area contributed by atoms with Crippen LogP contribution in [-0.4, -0.2) is 45.1 Å². The van der Waals surface area contributed by atoms with Crippen molar-refractivity contribution in [3.05, 3.63) is 94.4 Å². The first-order valence-electron chi connectivity index (χ1n) is 12.4. The molecule has 2 aromatic carbocycles. The summed E-state index contributed by atoms with van der Waals surface area (Å²) in [6.07, 6.45) is 2.10. The smallest absolute Gasteiger partial charge is 0.257 e. The van der Waals surface area contributed by atoms with Gasteiger partial charge in [0.2, 0.25) is 5.88 Å². The maximum atomic E-state index is 13.5. The number of rotatable bonds is 6. The van der Waals surface area contributed by atoms with E-state index in [-0.39, 0.29) is 23.8 Å². The summed E-state index contributed by atoms with van der Waals surface area (Å²) in [4.78, 5) is 23.9. The van der Waals surface area contributed by atoms with Gasteiger partial charge in [0.05, 0.1) is 5.56 Å². The number of likely N-dealkylation sites (tertiary alicyclic amines) is 1. The number of hydrogen-bond acceptors (Lipinski definition) is 7. The van der Waals surface area contributed by atoms with E-state index < -0.39 is 0 Å². The van der Waals surface area contributed by atoms with Crippen molar-refractivity contribution in [2.24, 2.45) is 5.92 Å². The number of hydrogen-bond donors (Lipinski definition) is 0. The molecule has 38 heavy (non-hydrogen) atoms. The average Bonchev–Trinajstić information content (AvgIpc) is 3.39. The molecule has 0 radical (unpaired) electrons. The predicted octanol–water partition coefficient (Wildman–Crippen LogP) is 5.68. The van der Waals surface area contributed by atoms with Crippen molar-refractivity contribution in [2.75, 3.05) is 13.1 Å². The molecule has 1 saturated heterocycles. The minimum atomic E-state index is -0.162. The third-order valence-corrected chi connectivity index (χ3v) is 7.19. The van der Waals surface area contributed by atoms with Crippen molar-refractivity contribution < 1.29 is 14.1 Å². The Morgan fingerprint density at radius 2 is 1.92 bits per heavy atom. The fraction of sp³-hybridized carbons (Fsp3) is 0.276. The van der Waals surface area contributed by atoms with Gasteiger partial charge in [-0.25, -0.2) is 4.98 Å². The van der Waals surface area contributed by atoms with Crippen LogP contribution in [0.2, 0.25) is 5.02 Å². The van der Waals surface area contributed by atoms with Gasteiger partial charge in [-0.05, 0) is 68.3 Å². The summed E-state index contributed by atoms with van der Waals surface area (Å²) in [7, 11) is 0. The van der Waals surface area contributed by atoms with Crippen molar-refractivity contribution in [3.8, 4) is 23.4 Å². The molecule has 8 nitrogen and oxygen atoms in total. The zero-order valence-electron chi connectivity index (χ0n) is 21.0. The number of aromatic nitrogens is 3. The maximum absolute atomic E-state index is 13.5. The van der Waals surface area contributed by atoms with Gasteiger partial charge in [-0.1, -0.05) is 28.9 Å². The van der Waals surface area contributed by atoms with E-state index >= 15 is 0 Å². The second-order valence-electron chi connectivity index (χ2n) is 9.41. The van der Waals surface area contributed by atoms with E-state index in [1.54, 1.807) is 31.2 Å². The number of nitrogens with zero attached hydrogens (tertiary/aromatic N) is 5. The van der Waals surface area contributed by atoms with E-state index in [0.29, 0.717) is 46.8 Å². The zero-order valence-corrected chi connectivity index (χ0v) is 21.8. The highest BCUT2D eigenvalue weighted by molar-refractivity contribution is 6.30. The molecule has 0 spiro atoms. The van der Waals surface area contributed by atoms with Crippen molar-refractivity contribution in [1.82, 2.24) is 20.0 Å². The van der Waals surface area contributed by atoms with Crippen molar-refractivity contribution in [1.29, 1.82) is 5.26 Å². The summed E-state index contributed by atoms with van der Waals surface area (Å²) in [6, 6.07) is 20.5. The number of carbonyl (C=O) groups is 1. The molecule has 5 rings (SSSR count). The Balaban J connectivity index is 1.34. The van der Waals surface area contributed by atoms with Crippen molar-refractivity contribution in [3.63, 3.8) is 0 Å². The molecular formula is C29H26ClN5O3. The first kappa shape index (κ1) is 25.4. The molecule has 2 aromatic heterocycles. The molecule has 192 valence electrons. The van der Waals surface area contributed by atoms with E-state index in [9.17, 15) is 4.79 Å². The fourth-order valence-electron chi connectivity index (χ4n) is 4.93. The van der Waals surface area contributed by atoms with E-state index in [0.717, 1.165) is 17.5 Å². The van der Waals surface area contributed by atoms with Gasteiger partial charge in [0, 0.05) is 53.3 Å². The highest BCUT2D eigenvalue weighted by atomic mass is 35.5. The minimum Gasteiger partial charge on any atom is -0.474 e. The SMILES string of the molecule is Cc1noc(-c2ccc(C(=O)N3CCC(C(C)Oc4ccc(C#N)cn4)C(c4ccc(Cl)cc4)C3)cc2)n1. The molecule has 9 heteroatoms. The Kier molecular flexibility index (Phi) is 7.38. The highest BCUT2D eigenvalue weighted by Gasteiger charge is 2.37. The van der Waals surface area contributed by atoms with Gasteiger partial charge in [-0.15, -0.1) is 0 Å². The third-order valence-electron chi connectivity index (χ3n) is 6.93. The number of amides is 1. The molecule has 3 heterocycles. The minimum absolute atomic E-state index is 0.0296. The number of nitriles is 1. The summed E-state index contributed by atoms with van der Waals surface area (Å²) < 4.78 is 11.4. The van der Waals surface area contributed by atoms with Gasteiger partial charge < -0.3 is 14.2 Å². The number of aryl methyl sites for hydroxylation is 1. The van der Waals surface area contributed by atoms with Crippen LogP contribution in [0.4, 0.5) is 0 Å². The van der Waals surface area contributed by atoms with E-state index in [1.165, 1.54) is 6.20 Å². The molecule has 4 aromatic rings. The Labute approximate surface area is 225 Å². The molecule has 1 amide bonds. The Hall–Kier alpha value is -4.22. The predicted molar refractivity (Wildman–Crippen MR) is 142 cm³/mol. The molecule has 3 atom stereocenters. The molecule has 0 aliphatic carbocycles. The van der Waals surface area contributed by atoms with Crippen LogP contribution >= 0.6 is 11.6 Å². The van der Waals surface area contributed by atoms with Crippen LogP contribution in [0.25, 0.3) is 11.5 Å². The molecule has 0 saturated carbocycles. The standard InChI is InChI=1S/C29H26ClN5O3/c1-18(37-27-12-3-20(15-31)16-32-27)25-13-14-35(17-26(25)21-8-10-24(30)11-9-21)29(36)23-6-4-22(5-7-23)28-33-19(2)34-38-28/h3-12,16,18,25-26H,13-14,17H2,1-2H3. The van der Waals surface area contributed by atoms with E-state index in [1.807, 2.05) is 48.2 Å². The van der Waals surface area contributed by atoms with Gasteiger partial charge in [0.15, 0.2) is 5.82 Å². The lowest BCUT2D eigenvalue weighted by Crippen LogP contribution is -2.46. The summed E-state index contributed by atoms with van der Waals surface area (Å²) in [5, 5.41) is 13.5. The molecule has 1 fully saturated rings. The molecule has 1 aliphatic heterocycles. The molecule has 0 bridgehead atoms. The highest BCUT2D eigenvalue weighted by Crippen LogP contribution is 2.37. The normalized spacial score (nSPS) is 18.0. The second kappa shape index (κ2) is 11.0. The van der Waals surface area contributed by atoms with Gasteiger partial charge in [0.1, 0.15) is 12.2 Å². The van der Waals surface area contributed by atoms with Gasteiger partial charge in [0.25, 0.3) is 11.8 Å². The van der Waals surface area contributed by atoms with Crippen LogP contribution in [-0.2, 0) is 0 Å². The zero-order chi connectivity index (χ0) is 26.6. The first-order chi connectivity index (χ1) is 18.4. The van der Waals surface area contributed by atoms with Crippen LogP contribution in [0.5, 0.6) is 5.88 Å². The van der Waals surface area contributed by atoms with Crippen LogP contribution in [0.1, 0.15) is 46.6 Å². The topological polar surface area (TPSA) is 105 Å². The Morgan fingerprint density at radius 3 is 2.55 bits per heavy atom. The maximum Gasteiger partial charge on any atom is 0.257 e. The van der Waals surface area contributed by atoms with Gasteiger partial charge in [-0.3, -0.25) is 4.79 Å². The van der Waals surface area contributed by atoms with Crippen LogP contribution in [0.15, 0.2) is 71.4 Å². The number of piperidine rings is 1. The first-order valence-corrected chi connectivity index (χ1v) is 12.8. The summed E-state index contributed by atoms with van der Waals surface area (Å²) in [6.45, 7) is 4.94. The second-order valence-corrected chi connectivity index (χ2v) is 9.84. The molecule has 3 unspecified atom stereocenters. The quantitative estimate of drug-likeness (QED) is 0.317. The summed E-state index contributed by atoms with van der Waals surface area (Å²) in [5.41, 5.74) is 2.95. The summed E-state index contributed by atoms with van der Waals surface area (Å²) >= 11 is 6.16. The average molecular weight is 528 g/mol. The van der Waals surface area contributed by atoms with Crippen LogP contribution < -0.4 is 4.74 Å². The number of ether oxygens (including phenoxy) is 1. The fourth-order valence-corrected chi connectivity index (χ4v) is 5.05. The van der Waals surface area contributed by atoms with Crippen molar-refractivity contribution in [2.45, 2.75) is 32.3 Å². The Bertz CT molecular complexity index is 1450. The largest absolute Gasteiger partial charge is 0.474 e. The lowest BCUT2D eigenvalue weighted by Gasteiger charge is -2.41. The molecule has 0 N–H and O–H groups in total. The van der Waals surface area contributed by atoms with Gasteiger partial charge >= 0.3 is 0 Å². The molecule has 1 aliphatic rings. The number of carbonyl (C=O) groups excluding carboxylic acids is 1. The van der Waals surface area contributed by atoms with Crippen LogP contribution in [0, 0.1) is 24.2 Å². The van der Waals surface area contributed by atoms with E-state index in [4.69, 9.17) is 26.1 Å². The lowest BCUT2D eigenvalue weighted by molar-refractivity contribution is 0.0484. The molecular weight excluding hydrogens is 502 g/mol. The third kappa shape index (κ3) is 5.53. The monoisotopic (exact) mass is 527 g/mol. The number of benzene rings is 2. The van der Waals surface area contributed by atoms with E-state index in [2.05, 4.69) is 21.2 Å². The van der Waals surface area contributed by atoms with Gasteiger partial charge in [-0.2, -0.15) is 10.2 Å².